The topological polar surface area (TPSA) is 32.3 Å². The average Bonchev–Trinajstić information content (AvgIpc) is 2.08. The SMILES string of the molecule is CCNC1CCC(O)(C(F)(F)Br)CC1. The molecule has 0 unspecified atom stereocenters. The van der Waals surface area contributed by atoms with Crippen molar-refractivity contribution in [3.05, 3.63) is 0 Å². The highest BCUT2D eigenvalue weighted by Gasteiger charge is 2.51. The number of aliphatic hydroxyl groups is 1. The lowest BCUT2D eigenvalue weighted by molar-refractivity contribution is -0.137. The van der Waals surface area contributed by atoms with Crippen LogP contribution in [0.1, 0.15) is 32.6 Å². The Morgan fingerprint density at radius 2 is 2.00 bits per heavy atom. The van der Waals surface area contributed by atoms with Gasteiger partial charge < -0.3 is 10.4 Å². The van der Waals surface area contributed by atoms with Crippen molar-refractivity contribution < 1.29 is 13.9 Å². The summed E-state index contributed by atoms with van der Waals surface area (Å²) < 4.78 is 25.9. The van der Waals surface area contributed by atoms with Gasteiger partial charge in [-0.25, -0.2) is 0 Å². The van der Waals surface area contributed by atoms with Gasteiger partial charge in [0.05, 0.1) is 0 Å². The summed E-state index contributed by atoms with van der Waals surface area (Å²) in [5.74, 6) is 0. The number of rotatable bonds is 3. The molecule has 0 radical (unpaired) electrons. The molecule has 0 amide bonds. The van der Waals surface area contributed by atoms with Gasteiger partial charge in [-0.3, -0.25) is 0 Å². The molecular weight excluding hydrogens is 256 g/mol. The molecule has 0 aromatic rings. The summed E-state index contributed by atoms with van der Waals surface area (Å²) in [6, 6.07) is 0.273. The minimum absolute atomic E-state index is 0.142. The van der Waals surface area contributed by atoms with Crippen molar-refractivity contribution in [2.24, 2.45) is 0 Å². The molecule has 0 saturated heterocycles. The van der Waals surface area contributed by atoms with E-state index in [1.165, 1.54) is 0 Å². The maximum Gasteiger partial charge on any atom is 0.329 e. The molecule has 14 heavy (non-hydrogen) atoms. The standard InChI is InChI=1S/C9H16BrF2NO/c1-2-13-7-3-5-8(14,6-4-7)9(10,11)12/h7,13-14H,2-6H2,1H3. The zero-order chi connectivity index (χ0) is 10.8. The zero-order valence-corrected chi connectivity index (χ0v) is 9.78. The van der Waals surface area contributed by atoms with E-state index >= 15 is 0 Å². The first-order valence-electron chi connectivity index (χ1n) is 4.91. The van der Waals surface area contributed by atoms with E-state index in [-0.39, 0.29) is 18.9 Å². The Labute approximate surface area is 91.2 Å². The average molecular weight is 272 g/mol. The van der Waals surface area contributed by atoms with Crippen molar-refractivity contribution in [1.29, 1.82) is 0 Å². The van der Waals surface area contributed by atoms with Crippen LogP contribution < -0.4 is 5.32 Å². The van der Waals surface area contributed by atoms with Crippen LogP contribution in [0, 0.1) is 0 Å². The number of hydrogen-bond donors (Lipinski definition) is 2. The van der Waals surface area contributed by atoms with Gasteiger partial charge in [0.15, 0.2) is 0 Å². The fourth-order valence-corrected chi connectivity index (χ4v) is 2.27. The van der Waals surface area contributed by atoms with Crippen LogP contribution in [0.5, 0.6) is 0 Å². The van der Waals surface area contributed by atoms with E-state index in [2.05, 4.69) is 21.2 Å². The van der Waals surface area contributed by atoms with Crippen LogP contribution in [0.15, 0.2) is 0 Å². The van der Waals surface area contributed by atoms with Gasteiger partial charge in [0, 0.05) is 6.04 Å². The third-order valence-corrected chi connectivity index (χ3v) is 3.57. The first-order valence-corrected chi connectivity index (χ1v) is 5.71. The summed E-state index contributed by atoms with van der Waals surface area (Å²) in [4.78, 5) is -3.17. The highest BCUT2D eigenvalue weighted by Crippen LogP contribution is 2.44. The number of nitrogens with one attached hydrogen (secondary N) is 1. The van der Waals surface area contributed by atoms with Crippen molar-refractivity contribution in [1.82, 2.24) is 5.32 Å². The highest BCUT2D eigenvalue weighted by molar-refractivity contribution is 9.10. The minimum Gasteiger partial charge on any atom is -0.383 e. The second-order valence-electron chi connectivity index (χ2n) is 3.86. The molecule has 0 aromatic heterocycles. The Balaban J connectivity index is 2.49. The van der Waals surface area contributed by atoms with Gasteiger partial charge in [-0.05, 0) is 48.2 Å². The lowest BCUT2D eigenvalue weighted by Crippen LogP contribution is -2.49. The predicted molar refractivity (Wildman–Crippen MR) is 54.8 cm³/mol. The van der Waals surface area contributed by atoms with Crippen LogP contribution in [0.2, 0.25) is 0 Å². The summed E-state index contributed by atoms with van der Waals surface area (Å²) in [6.45, 7) is 2.83. The first kappa shape index (κ1) is 12.3. The van der Waals surface area contributed by atoms with Crippen LogP contribution in [0.25, 0.3) is 0 Å². The number of hydrogen-bond acceptors (Lipinski definition) is 2. The fraction of sp³-hybridized carbons (Fsp3) is 1.00. The second kappa shape index (κ2) is 4.41. The lowest BCUT2D eigenvalue weighted by Gasteiger charge is -2.38. The Morgan fingerprint density at radius 3 is 2.36 bits per heavy atom. The third-order valence-electron chi connectivity index (χ3n) is 2.83. The van der Waals surface area contributed by atoms with Crippen molar-refractivity contribution in [2.75, 3.05) is 6.54 Å². The molecule has 0 aliphatic heterocycles. The van der Waals surface area contributed by atoms with E-state index in [1.807, 2.05) is 6.92 Å². The molecule has 5 heteroatoms. The molecule has 1 fully saturated rings. The molecule has 1 aliphatic rings. The monoisotopic (exact) mass is 271 g/mol. The van der Waals surface area contributed by atoms with E-state index in [9.17, 15) is 13.9 Å². The van der Waals surface area contributed by atoms with Crippen LogP contribution in [-0.2, 0) is 0 Å². The molecule has 2 N–H and O–H groups in total. The predicted octanol–water partition coefficient (Wildman–Crippen LogP) is 2.26. The molecule has 1 saturated carbocycles. The molecule has 0 aromatic carbocycles. The quantitative estimate of drug-likeness (QED) is 0.772. The highest BCUT2D eigenvalue weighted by atomic mass is 79.9. The Bertz CT molecular complexity index is 188. The molecule has 84 valence electrons. The van der Waals surface area contributed by atoms with Gasteiger partial charge in [-0.2, -0.15) is 8.78 Å². The second-order valence-corrected chi connectivity index (χ2v) is 4.86. The minimum atomic E-state index is -3.17. The van der Waals surface area contributed by atoms with Gasteiger partial charge in [-0.15, -0.1) is 0 Å². The van der Waals surface area contributed by atoms with Crippen molar-refractivity contribution in [3.8, 4) is 0 Å². The summed E-state index contributed by atoms with van der Waals surface area (Å²) in [5.41, 5.74) is -1.86. The molecule has 2 nitrogen and oxygen atoms in total. The maximum absolute atomic E-state index is 13.0. The largest absolute Gasteiger partial charge is 0.383 e. The Hall–Kier alpha value is 0.260. The molecular formula is C9H16BrF2NO. The van der Waals surface area contributed by atoms with E-state index in [4.69, 9.17) is 0 Å². The van der Waals surface area contributed by atoms with Crippen molar-refractivity contribution >= 4 is 15.9 Å². The molecule has 0 atom stereocenters. The molecule has 1 aliphatic carbocycles. The van der Waals surface area contributed by atoms with Crippen LogP contribution in [0.4, 0.5) is 8.78 Å². The van der Waals surface area contributed by atoms with E-state index in [0.29, 0.717) is 12.8 Å². The molecule has 1 rings (SSSR count). The lowest BCUT2D eigenvalue weighted by atomic mass is 9.82. The van der Waals surface area contributed by atoms with E-state index in [0.717, 1.165) is 6.54 Å². The van der Waals surface area contributed by atoms with Crippen LogP contribution >= 0.6 is 15.9 Å². The maximum atomic E-state index is 13.0. The Kier molecular flexibility index (Phi) is 3.88. The summed E-state index contributed by atoms with van der Waals surface area (Å²) >= 11 is 2.25. The number of alkyl halides is 3. The first-order chi connectivity index (χ1) is 6.39. The molecule has 0 spiro atoms. The Morgan fingerprint density at radius 1 is 1.50 bits per heavy atom. The van der Waals surface area contributed by atoms with Gasteiger partial charge in [0.25, 0.3) is 0 Å². The summed E-state index contributed by atoms with van der Waals surface area (Å²) in [5, 5.41) is 12.9. The van der Waals surface area contributed by atoms with E-state index < -0.39 is 10.4 Å². The molecule has 0 heterocycles. The van der Waals surface area contributed by atoms with Gasteiger partial charge >= 0.3 is 4.83 Å². The normalized spacial score (nSPS) is 34.5. The van der Waals surface area contributed by atoms with Gasteiger partial charge in [0.1, 0.15) is 5.60 Å². The number of halogens is 3. The van der Waals surface area contributed by atoms with Gasteiger partial charge in [0.2, 0.25) is 0 Å². The van der Waals surface area contributed by atoms with Crippen LogP contribution in [-0.4, -0.2) is 28.1 Å². The third kappa shape index (κ3) is 2.64. The van der Waals surface area contributed by atoms with Crippen LogP contribution in [0.3, 0.4) is 0 Å². The summed E-state index contributed by atoms with van der Waals surface area (Å²) in [7, 11) is 0. The zero-order valence-electron chi connectivity index (χ0n) is 8.19. The van der Waals surface area contributed by atoms with E-state index in [1.54, 1.807) is 0 Å². The smallest absolute Gasteiger partial charge is 0.329 e. The fourth-order valence-electron chi connectivity index (χ4n) is 1.87. The molecule has 0 bridgehead atoms. The van der Waals surface area contributed by atoms with Crippen molar-refractivity contribution in [2.45, 2.75) is 49.1 Å². The summed E-state index contributed by atoms with van der Waals surface area (Å²) in [6.07, 6.45) is 1.49. The van der Waals surface area contributed by atoms with Crippen molar-refractivity contribution in [3.63, 3.8) is 0 Å². The van der Waals surface area contributed by atoms with Gasteiger partial charge in [-0.1, -0.05) is 6.92 Å².